The van der Waals surface area contributed by atoms with Crippen LogP contribution in [0, 0.1) is 0 Å². The second kappa shape index (κ2) is 6.16. The van der Waals surface area contributed by atoms with Gasteiger partial charge in [0.05, 0.1) is 13.1 Å². The molecular weight excluding hydrogens is 280 g/mol. The van der Waals surface area contributed by atoms with E-state index in [1.165, 1.54) is 19.3 Å². The Hall–Kier alpha value is -1.76. The molecule has 2 aromatic rings. The number of nitrogens with zero attached hydrogens (tertiary/aromatic N) is 6. The Morgan fingerprint density at radius 3 is 2.86 bits per heavy atom. The molecule has 22 heavy (non-hydrogen) atoms. The van der Waals surface area contributed by atoms with E-state index in [0.717, 1.165) is 18.9 Å². The van der Waals surface area contributed by atoms with Gasteiger partial charge in [-0.3, -0.25) is 9.58 Å². The highest BCUT2D eigenvalue weighted by molar-refractivity contribution is 5.00. The number of piperidine rings is 1. The molecule has 0 aromatic carbocycles. The van der Waals surface area contributed by atoms with Crippen LogP contribution < -0.4 is 0 Å². The van der Waals surface area contributed by atoms with Gasteiger partial charge in [-0.15, -0.1) is 0 Å². The normalized spacial score (nSPS) is 20.4. The van der Waals surface area contributed by atoms with Crippen molar-refractivity contribution >= 4 is 0 Å². The van der Waals surface area contributed by atoms with Crippen LogP contribution in [0.3, 0.4) is 0 Å². The van der Waals surface area contributed by atoms with E-state index in [0.29, 0.717) is 18.5 Å². The minimum atomic E-state index is -0.0796. The molecule has 0 saturated carbocycles. The van der Waals surface area contributed by atoms with Gasteiger partial charge in [0.2, 0.25) is 5.89 Å². The van der Waals surface area contributed by atoms with Crippen LogP contribution in [0.25, 0.3) is 0 Å². The van der Waals surface area contributed by atoms with Gasteiger partial charge in [0.15, 0.2) is 5.82 Å². The van der Waals surface area contributed by atoms with Crippen LogP contribution >= 0.6 is 0 Å². The first-order valence-electron chi connectivity index (χ1n) is 7.92. The lowest BCUT2D eigenvalue weighted by Gasteiger charge is -2.34. The zero-order chi connectivity index (χ0) is 15.6. The summed E-state index contributed by atoms with van der Waals surface area (Å²) in [6, 6.07) is 0.445. The zero-order valence-electron chi connectivity index (χ0n) is 13.6. The molecular formula is C15H24N6O. The SMILES string of the molecule is CC(C)(C)c1noc(CN2CCCC[C@H]2Cn2cncn2)n1. The van der Waals surface area contributed by atoms with Crippen LogP contribution in [0.15, 0.2) is 17.2 Å². The summed E-state index contributed by atoms with van der Waals surface area (Å²) in [4.78, 5) is 11.0. The van der Waals surface area contributed by atoms with E-state index in [2.05, 4.69) is 45.9 Å². The van der Waals surface area contributed by atoms with E-state index in [4.69, 9.17) is 4.52 Å². The molecule has 0 aliphatic carbocycles. The Morgan fingerprint density at radius 1 is 1.32 bits per heavy atom. The molecule has 0 spiro atoms. The fourth-order valence-corrected chi connectivity index (χ4v) is 2.82. The second-order valence-electron chi connectivity index (χ2n) is 7.00. The van der Waals surface area contributed by atoms with Gasteiger partial charge < -0.3 is 4.52 Å². The maximum atomic E-state index is 5.44. The van der Waals surface area contributed by atoms with Gasteiger partial charge in [-0.05, 0) is 19.4 Å². The Kier molecular flexibility index (Phi) is 4.24. The van der Waals surface area contributed by atoms with Crippen molar-refractivity contribution in [3.05, 3.63) is 24.4 Å². The first-order chi connectivity index (χ1) is 10.5. The first-order valence-corrected chi connectivity index (χ1v) is 7.92. The van der Waals surface area contributed by atoms with Crippen molar-refractivity contribution in [3.8, 4) is 0 Å². The fourth-order valence-electron chi connectivity index (χ4n) is 2.82. The van der Waals surface area contributed by atoms with E-state index in [1.807, 2.05) is 4.68 Å². The van der Waals surface area contributed by atoms with Crippen LogP contribution in [-0.2, 0) is 18.5 Å². The van der Waals surface area contributed by atoms with Gasteiger partial charge in [0, 0.05) is 11.5 Å². The van der Waals surface area contributed by atoms with Crippen LogP contribution in [0.1, 0.15) is 51.7 Å². The third-order valence-electron chi connectivity index (χ3n) is 4.09. The average Bonchev–Trinajstić information content (AvgIpc) is 3.11. The summed E-state index contributed by atoms with van der Waals surface area (Å²) < 4.78 is 7.34. The number of hydrogen-bond donors (Lipinski definition) is 0. The number of rotatable bonds is 4. The molecule has 0 amide bonds. The lowest BCUT2D eigenvalue weighted by atomic mass is 9.96. The maximum absolute atomic E-state index is 5.44. The third kappa shape index (κ3) is 3.52. The molecule has 3 rings (SSSR count). The molecule has 1 saturated heterocycles. The summed E-state index contributed by atoms with van der Waals surface area (Å²) in [7, 11) is 0. The van der Waals surface area contributed by atoms with Gasteiger partial charge in [-0.25, -0.2) is 4.98 Å². The zero-order valence-corrected chi connectivity index (χ0v) is 13.6. The minimum Gasteiger partial charge on any atom is -0.338 e. The molecule has 0 bridgehead atoms. The van der Waals surface area contributed by atoms with Crippen molar-refractivity contribution in [1.29, 1.82) is 0 Å². The summed E-state index contributed by atoms with van der Waals surface area (Å²) in [6.45, 7) is 8.91. The van der Waals surface area contributed by atoms with E-state index in [1.54, 1.807) is 12.7 Å². The molecule has 7 nitrogen and oxygen atoms in total. The topological polar surface area (TPSA) is 72.9 Å². The first kappa shape index (κ1) is 15.1. The van der Waals surface area contributed by atoms with Crippen molar-refractivity contribution in [3.63, 3.8) is 0 Å². The van der Waals surface area contributed by atoms with Crippen LogP contribution in [0.2, 0.25) is 0 Å². The molecule has 120 valence electrons. The monoisotopic (exact) mass is 304 g/mol. The number of aromatic nitrogens is 5. The molecule has 0 unspecified atom stereocenters. The summed E-state index contributed by atoms with van der Waals surface area (Å²) in [5, 5.41) is 8.33. The molecule has 1 atom stereocenters. The molecule has 1 aliphatic heterocycles. The van der Waals surface area contributed by atoms with Gasteiger partial charge >= 0.3 is 0 Å². The van der Waals surface area contributed by atoms with Crippen molar-refractivity contribution in [2.75, 3.05) is 6.54 Å². The Labute approximate surface area is 130 Å². The van der Waals surface area contributed by atoms with Crippen LogP contribution in [0.5, 0.6) is 0 Å². The van der Waals surface area contributed by atoms with Crippen LogP contribution in [0.4, 0.5) is 0 Å². The molecule has 7 heteroatoms. The summed E-state index contributed by atoms with van der Waals surface area (Å²) in [5.41, 5.74) is -0.0796. The molecule has 0 radical (unpaired) electrons. The van der Waals surface area contributed by atoms with E-state index in [9.17, 15) is 0 Å². The third-order valence-corrected chi connectivity index (χ3v) is 4.09. The van der Waals surface area contributed by atoms with Gasteiger partial charge in [-0.2, -0.15) is 10.1 Å². The highest BCUT2D eigenvalue weighted by Gasteiger charge is 2.26. The van der Waals surface area contributed by atoms with Gasteiger partial charge in [-0.1, -0.05) is 32.3 Å². The van der Waals surface area contributed by atoms with Crippen molar-refractivity contribution in [2.45, 2.75) is 64.6 Å². The Bertz CT molecular complexity index is 585. The number of hydrogen-bond acceptors (Lipinski definition) is 6. The standard InChI is InChI=1S/C15H24N6O/c1-15(2,3)14-18-13(22-19-14)9-20-7-5-4-6-12(20)8-21-11-16-10-17-21/h10-12H,4-9H2,1-3H3/t12-/m0/s1. The average molecular weight is 304 g/mol. The summed E-state index contributed by atoms with van der Waals surface area (Å²) in [6.07, 6.45) is 7.00. The quantitative estimate of drug-likeness (QED) is 0.860. The van der Waals surface area contributed by atoms with Gasteiger partial charge in [0.1, 0.15) is 12.7 Å². The maximum Gasteiger partial charge on any atom is 0.240 e. The molecule has 2 aromatic heterocycles. The minimum absolute atomic E-state index is 0.0796. The van der Waals surface area contributed by atoms with E-state index in [-0.39, 0.29) is 5.41 Å². The van der Waals surface area contributed by atoms with E-state index < -0.39 is 0 Å². The summed E-state index contributed by atoms with van der Waals surface area (Å²) >= 11 is 0. The molecule has 0 N–H and O–H groups in total. The lowest BCUT2D eigenvalue weighted by Crippen LogP contribution is -2.41. The van der Waals surface area contributed by atoms with Gasteiger partial charge in [0.25, 0.3) is 0 Å². The second-order valence-corrected chi connectivity index (χ2v) is 7.00. The summed E-state index contributed by atoms with van der Waals surface area (Å²) in [5.74, 6) is 1.47. The number of likely N-dealkylation sites (tertiary alicyclic amines) is 1. The fraction of sp³-hybridized carbons (Fsp3) is 0.733. The highest BCUT2D eigenvalue weighted by atomic mass is 16.5. The van der Waals surface area contributed by atoms with Crippen LogP contribution in [-0.4, -0.2) is 42.4 Å². The highest BCUT2D eigenvalue weighted by Crippen LogP contribution is 2.22. The van der Waals surface area contributed by atoms with Crippen molar-refractivity contribution < 1.29 is 4.52 Å². The smallest absolute Gasteiger partial charge is 0.240 e. The van der Waals surface area contributed by atoms with Crippen molar-refractivity contribution in [1.82, 2.24) is 29.8 Å². The molecule has 3 heterocycles. The Balaban J connectivity index is 1.67. The molecule has 1 fully saturated rings. The predicted molar refractivity (Wildman–Crippen MR) is 81.1 cm³/mol. The van der Waals surface area contributed by atoms with E-state index >= 15 is 0 Å². The molecule has 1 aliphatic rings. The van der Waals surface area contributed by atoms with Crippen molar-refractivity contribution in [2.24, 2.45) is 0 Å². The Morgan fingerprint density at radius 2 is 2.18 bits per heavy atom. The lowest BCUT2D eigenvalue weighted by molar-refractivity contribution is 0.108. The largest absolute Gasteiger partial charge is 0.338 e. The predicted octanol–water partition coefficient (Wildman–Crippen LogP) is 2.01.